The molecular weight excluding hydrogens is 312 g/mol. The van der Waals surface area contributed by atoms with Gasteiger partial charge in [0.1, 0.15) is 0 Å². The van der Waals surface area contributed by atoms with E-state index in [2.05, 4.69) is 0 Å². The Morgan fingerprint density at radius 3 is 2.85 bits per heavy atom. The van der Waals surface area contributed by atoms with Crippen molar-refractivity contribution in [1.29, 1.82) is 0 Å². The summed E-state index contributed by atoms with van der Waals surface area (Å²) in [6.45, 7) is 2.67. The smallest absolute Gasteiger partial charge is 0.177 e. The van der Waals surface area contributed by atoms with Gasteiger partial charge in [0.15, 0.2) is 5.78 Å². The number of thioether (sulfide) groups is 1. The van der Waals surface area contributed by atoms with Crippen molar-refractivity contribution in [2.24, 2.45) is 5.92 Å². The normalized spacial score (nSPS) is 25.8. The lowest BCUT2D eigenvalue weighted by Gasteiger charge is -2.42. The second kappa shape index (κ2) is 5.99. The molecule has 1 unspecified atom stereocenters. The molecule has 1 aromatic heterocycles. The van der Waals surface area contributed by atoms with Gasteiger partial charge in [0, 0.05) is 12.5 Å². The van der Waals surface area contributed by atoms with Crippen LogP contribution >= 0.6 is 34.7 Å². The Morgan fingerprint density at radius 1 is 1.45 bits per heavy atom. The fraction of sp³-hybridized carbons (Fsp3) is 0.667. The average Bonchev–Trinajstić information content (AvgIpc) is 2.79. The van der Waals surface area contributed by atoms with E-state index in [1.165, 1.54) is 11.3 Å². The molecule has 1 aromatic rings. The number of Topliss-reactive ketones (excluding diaryl/α,β-unsaturated/α-hetero) is 1. The predicted molar refractivity (Wildman–Crippen MR) is 86.4 cm³/mol. The molecule has 3 rings (SSSR count). The summed E-state index contributed by atoms with van der Waals surface area (Å²) in [7, 11) is 0. The number of ether oxygens (including phenoxy) is 1. The SMILES string of the molecule is Cc1csc(C(=O)C2CCOC3(CCSCC3)C2)c1Cl. The Morgan fingerprint density at radius 2 is 2.20 bits per heavy atom. The highest BCUT2D eigenvalue weighted by atomic mass is 35.5. The lowest BCUT2D eigenvalue weighted by Crippen LogP contribution is -2.44. The maximum absolute atomic E-state index is 12.7. The molecule has 0 aromatic carbocycles. The highest BCUT2D eigenvalue weighted by Crippen LogP contribution is 2.42. The van der Waals surface area contributed by atoms with Crippen LogP contribution in [0.4, 0.5) is 0 Å². The molecule has 1 spiro atoms. The summed E-state index contributed by atoms with van der Waals surface area (Å²) in [6, 6.07) is 0. The zero-order valence-corrected chi connectivity index (χ0v) is 14.0. The zero-order valence-electron chi connectivity index (χ0n) is 11.6. The number of aryl methyl sites for hydroxylation is 1. The minimum Gasteiger partial charge on any atom is -0.375 e. The van der Waals surface area contributed by atoms with E-state index in [4.69, 9.17) is 16.3 Å². The number of hydrogen-bond acceptors (Lipinski definition) is 4. The first kappa shape index (κ1) is 14.9. The van der Waals surface area contributed by atoms with Crippen LogP contribution in [0, 0.1) is 12.8 Å². The van der Waals surface area contributed by atoms with Crippen LogP contribution in [0.1, 0.15) is 40.9 Å². The third kappa shape index (κ3) is 2.80. The number of carbonyl (C=O) groups excluding carboxylic acids is 1. The number of thiophene rings is 1. The van der Waals surface area contributed by atoms with Crippen LogP contribution in [-0.4, -0.2) is 29.5 Å². The number of halogens is 1. The second-order valence-electron chi connectivity index (χ2n) is 5.76. The second-order valence-corrected chi connectivity index (χ2v) is 8.24. The van der Waals surface area contributed by atoms with Gasteiger partial charge in [-0.1, -0.05) is 11.6 Å². The van der Waals surface area contributed by atoms with Crippen molar-refractivity contribution in [1.82, 2.24) is 0 Å². The molecule has 2 aliphatic rings. The summed E-state index contributed by atoms with van der Waals surface area (Å²) in [4.78, 5) is 13.5. The maximum Gasteiger partial charge on any atom is 0.177 e. The van der Waals surface area contributed by atoms with Crippen LogP contribution in [-0.2, 0) is 4.74 Å². The number of carbonyl (C=O) groups is 1. The number of rotatable bonds is 2. The van der Waals surface area contributed by atoms with Crippen LogP contribution in [0.5, 0.6) is 0 Å². The molecule has 2 saturated heterocycles. The van der Waals surface area contributed by atoms with Crippen molar-refractivity contribution in [3.8, 4) is 0 Å². The van der Waals surface area contributed by atoms with Gasteiger partial charge >= 0.3 is 0 Å². The molecule has 2 fully saturated rings. The fourth-order valence-electron chi connectivity index (χ4n) is 3.12. The van der Waals surface area contributed by atoms with E-state index in [1.807, 2.05) is 24.1 Å². The molecule has 0 amide bonds. The van der Waals surface area contributed by atoms with E-state index in [0.29, 0.717) is 11.6 Å². The van der Waals surface area contributed by atoms with Crippen LogP contribution in [0.2, 0.25) is 5.02 Å². The van der Waals surface area contributed by atoms with E-state index < -0.39 is 0 Å². The summed E-state index contributed by atoms with van der Waals surface area (Å²) in [5.41, 5.74) is 0.971. The minimum atomic E-state index is -0.0391. The predicted octanol–water partition coefficient (Wildman–Crippen LogP) is 4.59. The van der Waals surface area contributed by atoms with Crippen molar-refractivity contribution in [3.63, 3.8) is 0 Å². The first-order valence-corrected chi connectivity index (χ1v) is 9.52. The van der Waals surface area contributed by atoms with Crippen LogP contribution in [0.3, 0.4) is 0 Å². The van der Waals surface area contributed by atoms with Gasteiger partial charge in [-0.2, -0.15) is 11.8 Å². The Bertz CT molecular complexity index is 500. The first-order chi connectivity index (χ1) is 9.61. The summed E-state index contributed by atoms with van der Waals surface area (Å²) in [6.07, 6.45) is 3.87. The molecule has 0 aliphatic carbocycles. The number of hydrogen-bond donors (Lipinski definition) is 0. The molecule has 2 nitrogen and oxygen atoms in total. The fourth-order valence-corrected chi connectivity index (χ4v) is 5.67. The summed E-state index contributed by atoms with van der Waals surface area (Å²) < 4.78 is 6.06. The van der Waals surface area contributed by atoms with Gasteiger partial charge in [-0.05, 0) is 55.1 Å². The van der Waals surface area contributed by atoms with Crippen LogP contribution < -0.4 is 0 Å². The van der Waals surface area contributed by atoms with Crippen molar-refractivity contribution in [3.05, 3.63) is 20.8 Å². The highest BCUT2D eigenvalue weighted by molar-refractivity contribution is 7.99. The van der Waals surface area contributed by atoms with Crippen LogP contribution in [0.15, 0.2) is 5.38 Å². The van der Waals surface area contributed by atoms with E-state index in [9.17, 15) is 4.79 Å². The molecule has 2 aliphatic heterocycles. The molecule has 0 bridgehead atoms. The molecular formula is C15H19ClO2S2. The lowest BCUT2D eigenvalue weighted by molar-refractivity contribution is -0.0959. The largest absolute Gasteiger partial charge is 0.375 e. The average molecular weight is 331 g/mol. The van der Waals surface area contributed by atoms with E-state index in [0.717, 1.165) is 47.6 Å². The quantitative estimate of drug-likeness (QED) is 0.742. The number of ketones is 1. The van der Waals surface area contributed by atoms with Gasteiger partial charge < -0.3 is 4.74 Å². The molecule has 0 N–H and O–H groups in total. The summed E-state index contributed by atoms with van der Waals surface area (Å²) in [5.74, 6) is 2.62. The van der Waals surface area contributed by atoms with E-state index in [-0.39, 0.29) is 17.3 Å². The van der Waals surface area contributed by atoms with Gasteiger partial charge in [0.05, 0.1) is 15.5 Å². The topological polar surface area (TPSA) is 26.3 Å². The van der Waals surface area contributed by atoms with Crippen molar-refractivity contribution >= 4 is 40.5 Å². The van der Waals surface area contributed by atoms with Gasteiger partial charge in [-0.15, -0.1) is 11.3 Å². The molecule has 5 heteroatoms. The van der Waals surface area contributed by atoms with E-state index in [1.54, 1.807) is 0 Å². The molecule has 0 saturated carbocycles. The Balaban J connectivity index is 1.76. The van der Waals surface area contributed by atoms with Gasteiger partial charge in [0.25, 0.3) is 0 Å². The van der Waals surface area contributed by atoms with E-state index >= 15 is 0 Å². The first-order valence-electron chi connectivity index (χ1n) is 7.11. The monoisotopic (exact) mass is 330 g/mol. The van der Waals surface area contributed by atoms with Gasteiger partial charge in [0.2, 0.25) is 0 Å². The van der Waals surface area contributed by atoms with Crippen molar-refractivity contribution < 1.29 is 9.53 Å². The Kier molecular flexibility index (Phi) is 4.46. The molecule has 1 atom stereocenters. The Hall–Kier alpha value is -0.0300. The van der Waals surface area contributed by atoms with Gasteiger partial charge in [-0.3, -0.25) is 4.79 Å². The third-order valence-corrected chi connectivity index (χ3v) is 7.09. The summed E-state index contributed by atoms with van der Waals surface area (Å²) >= 11 is 9.73. The van der Waals surface area contributed by atoms with Crippen molar-refractivity contribution in [2.75, 3.05) is 18.1 Å². The third-order valence-electron chi connectivity index (χ3n) is 4.39. The molecule has 20 heavy (non-hydrogen) atoms. The molecule has 110 valence electrons. The van der Waals surface area contributed by atoms with Gasteiger partial charge in [-0.25, -0.2) is 0 Å². The zero-order chi connectivity index (χ0) is 14.2. The minimum absolute atomic E-state index is 0.0391. The standard InChI is InChI=1S/C15H19ClO2S2/c1-10-9-20-14(12(10)16)13(17)11-2-5-18-15(8-11)3-6-19-7-4-15/h9,11H,2-8H2,1H3. The van der Waals surface area contributed by atoms with Crippen LogP contribution in [0.25, 0.3) is 0 Å². The lowest BCUT2D eigenvalue weighted by atomic mass is 9.80. The van der Waals surface area contributed by atoms with Crippen molar-refractivity contribution in [2.45, 2.75) is 38.2 Å². The summed E-state index contributed by atoms with van der Waals surface area (Å²) in [5, 5.41) is 2.63. The maximum atomic E-state index is 12.7. The molecule has 3 heterocycles. The molecule has 0 radical (unpaired) electrons. The Labute approximate surface area is 133 Å². The highest BCUT2D eigenvalue weighted by Gasteiger charge is 2.41.